The van der Waals surface area contributed by atoms with Gasteiger partial charge in [-0.15, -0.1) is 10.2 Å². The van der Waals surface area contributed by atoms with Crippen LogP contribution in [0.1, 0.15) is 12.8 Å². The van der Waals surface area contributed by atoms with Crippen molar-refractivity contribution in [3.63, 3.8) is 0 Å². The maximum absolute atomic E-state index is 13.7. The van der Waals surface area contributed by atoms with Gasteiger partial charge < -0.3 is 15.3 Å². The summed E-state index contributed by atoms with van der Waals surface area (Å²) >= 11 is 0. The first-order valence-electron chi connectivity index (χ1n) is 9.40. The van der Waals surface area contributed by atoms with Crippen molar-refractivity contribution >= 4 is 5.95 Å². The molecule has 28 heavy (non-hydrogen) atoms. The van der Waals surface area contributed by atoms with Gasteiger partial charge >= 0.3 is 0 Å². The summed E-state index contributed by atoms with van der Waals surface area (Å²) in [5, 5.41) is 28.4. The highest BCUT2D eigenvalue weighted by molar-refractivity contribution is 5.73. The smallest absolute Gasteiger partial charge is 0.245 e. The van der Waals surface area contributed by atoms with E-state index in [0.29, 0.717) is 40.3 Å². The van der Waals surface area contributed by atoms with Gasteiger partial charge in [-0.1, -0.05) is 6.07 Å². The van der Waals surface area contributed by atoms with Crippen molar-refractivity contribution in [2.24, 2.45) is 5.92 Å². The summed E-state index contributed by atoms with van der Waals surface area (Å²) < 4.78 is 13.7. The third kappa shape index (κ3) is 2.97. The number of nitrogens with zero attached hydrogens (tertiary/aromatic N) is 5. The van der Waals surface area contributed by atoms with E-state index in [1.807, 2.05) is 0 Å². The van der Waals surface area contributed by atoms with E-state index in [2.05, 4.69) is 35.6 Å². The fourth-order valence-corrected chi connectivity index (χ4v) is 4.15. The fourth-order valence-electron chi connectivity index (χ4n) is 4.15. The zero-order chi connectivity index (χ0) is 19.1. The van der Waals surface area contributed by atoms with Crippen LogP contribution in [0.3, 0.4) is 0 Å². The Balaban J connectivity index is 1.36. The molecule has 2 aromatic heterocycles. The molecule has 3 N–H and O–H groups in total. The van der Waals surface area contributed by atoms with Gasteiger partial charge in [0, 0.05) is 24.7 Å². The summed E-state index contributed by atoms with van der Waals surface area (Å²) in [6, 6.07) is 5.48. The number of aromatic amines is 1. The molecule has 0 radical (unpaired) electrons. The number of nitrogens with one attached hydrogen (secondary N) is 2. The average Bonchev–Trinajstić information content (AvgIpc) is 3.36. The topological polar surface area (TPSA) is 103 Å². The van der Waals surface area contributed by atoms with E-state index in [1.54, 1.807) is 18.3 Å². The molecule has 2 atom stereocenters. The monoisotopic (exact) mass is 381 g/mol. The lowest BCUT2D eigenvalue weighted by molar-refractivity contribution is 0.372. The van der Waals surface area contributed by atoms with Crippen LogP contribution in [0.4, 0.5) is 10.3 Å². The lowest BCUT2D eigenvalue weighted by Crippen LogP contribution is -2.45. The molecule has 0 bridgehead atoms. The Morgan fingerprint density at radius 3 is 2.82 bits per heavy atom. The highest BCUT2D eigenvalue weighted by atomic mass is 19.1. The number of aromatic nitrogens is 5. The van der Waals surface area contributed by atoms with E-state index in [1.165, 1.54) is 18.7 Å². The highest BCUT2D eigenvalue weighted by Gasteiger charge is 2.33. The second-order valence-corrected chi connectivity index (χ2v) is 7.32. The summed E-state index contributed by atoms with van der Waals surface area (Å²) in [5.41, 5.74) is 1.79. The number of hydrogen-bond acceptors (Lipinski definition) is 7. The normalized spacial score (nSPS) is 21.7. The molecule has 0 amide bonds. The van der Waals surface area contributed by atoms with Crippen molar-refractivity contribution in [2.45, 2.75) is 18.9 Å². The van der Waals surface area contributed by atoms with Crippen LogP contribution in [0, 0.1) is 11.9 Å². The van der Waals surface area contributed by atoms with E-state index in [0.717, 1.165) is 26.1 Å². The van der Waals surface area contributed by atoms with Crippen LogP contribution in [0.25, 0.3) is 22.4 Å². The van der Waals surface area contributed by atoms with E-state index < -0.39 is 5.95 Å². The van der Waals surface area contributed by atoms with Crippen LogP contribution in [-0.2, 0) is 0 Å². The zero-order valence-corrected chi connectivity index (χ0v) is 15.1. The van der Waals surface area contributed by atoms with Crippen molar-refractivity contribution in [3.05, 3.63) is 36.5 Å². The van der Waals surface area contributed by atoms with Crippen LogP contribution in [0.2, 0.25) is 0 Å². The number of anilines is 1. The molecular weight excluding hydrogens is 361 g/mol. The van der Waals surface area contributed by atoms with Gasteiger partial charge in [0.1, 0.15) is 11.4 Å². The SMILES string of the molecule is Oc1cc(-c2cn[nH]c2F)ccc1-c1cnc(N2CC[C@H]3NCC[C@H]3C2)nn1. The third-order valence-electron chi connectivity index (χ3n) is 5.67. The Bertz CT molecular complexity index is 990. The zero-order valence-electron chi connectivity index (χ0n) is 15.1. The van der Waals surface area contributed by atoms with Crippen molar-refractivity contribution in [3.8, 4) is 28.1 Å². The Morgan fingerprint density at radius 1 is 1.14 bits per heavy atom. The summed E-state index contributed by atoms with van der Waals surface area (Å²) in [6.07, 6.45) is 5.27. The maximum atomic E-state index is 13.7. The van der Waals surface area contributed by atoms with Gasteiger partial charge in [0.25, 0.3) is 0 Å². The van der Waals surface area contributed by atoms with Gasteiger partial charge in [-0.25, -0.2) is 4.98 Å². The molecule has 9 heteroatoms. The number of halogens is 1. The molecule has 5 rings (SSSR count). The highest BCUT2D eigenvalue weighted by Crippen LogP contribution is 2.33. The van der Waals surface area contributed by atoms with Crippen LogP contribution < -0.4 is 10.2 Å². The van der Waals surface area contributed by atoms with E-state index in [4.69, 9.17) is 0 Å². The molecule has 0 saturated carbocycles. The van der Waals surface area contributed by atoms with Gasteiger partial charge in [0.2, 0.25) is 11.9 Å². The summed E-state index contributed by atoms with van der Waals surface area (Å²) in [6.45, 7) is 2.93. The number of phenols is 1. The number of hydrogen-bond donors (Lipinski definition) is 3. The van der Waals surface area contributed by atoms with Gasteiger partial charge in [-0.3, -0.25) is 5.10 Å². The van der Waals surface area contributed by atoms with Gasteiger partial charge in [-0.2, -0.15) is 9.49 Å². The van der Waals surface area contributed by atoms with Crippen molar-refractivity contribution in [1.29, 1.82) is 0 Å². The predicted octanol–water partition coefficient (Wildman–Crippen LogP) is 1.96. The summed E-state index contributed by atoms with van der Waals surface area (Å²) in [5.74, 6) is 0.696. The number of rotatable bonds is 3. The molecule has 2 aliphatic heterocycles. The Kier molecular flexibility index (Phi) is 4.16. The lowest BCUT2D eigenvalue weighted by atomic mass is 9.94. The number of piperidine rings is 1. The van der Waals surface area contributed by atoms with Crippen molar-refractivity contribution < 1.29 is 9.50 Å². The van der Waals surface area contributed by atoms with Crippen LogP contribution in [-0.4, -0.2) is 56.2 Å². The molecule has 2 aliphatic rings. The molecule has 0 aliphatic carbocycles. The molecule has 0 spiro atoms. The number of fused-ring (bicyclic) bond motifs is 1. The quantitative estimate of drug-likeness (QED) is 0.637. The second kappa shape index (κ2) is 6.83. The summed E-state index contributed by atoms with van der Waals surface area (Å²) in [7, 11) is 0. The molecule has 8 nitrogen and oxygen atoms in total. The fraction of sp³-hybridized carbons (Fsp3) is 0.368. The standard InChI is InChI=1S/C19H20FN7O/c20-18-14(8-23-25-18)11-1-2-13(17(28)7-11)16-9-22-19(26-24-16)27-6-4-15-12(10-27)3-5-21-15/h1-2,7-9,12,15,21,28H,3-6,10H2,(H,23,25)/t12-,15+/m0/s1. The summed E-state index contributed by atoms with van der Waals surface area (Å²) in [4.78, 5) is 6.64. The predicted molar refractivity (Wildman–Crippen MR) is 101 cm³/mol. The molecule has 4 heterocycles. The van der Waals surface area contributed by atoms with Crippen molar-refractivity contribution in [2.75, 3.05) is 24.5 Å². The molecule has 2 fully saturated rings. The maximum Gasteiger partial charge on any atom is 0.245 e. The van der Waals surface area contributed by atoms with Crippen LogP contribution >= 0.6 is 0 Å². The number of benzene rings is 1. The minimum absolute atomic E-state index is 0.0141. The van der Waals surface area contributed by atoms with Crippen LogP contribution in [0.15, 0.2) is 30.6 Å². The van der Waals surface area contributed by atoms with E-state index >= 15 is 0 Å². The largest absolute Gasteiger partial charge is 0.507 e. The van der Waals surface area contributed by atoms with E-state index in [9.17, 15) is 9.50 Å². The molecule has 1 aromatic carbocycles. The second-order valence-electron chi connectivity index (χ2n) is 7.32. The van der Waals surface area contributed by atoms with Gasteiger partial charge in [0.05, 0.1) is 18.0 Å². The number of H-pyrrole nitrogens is 1. The first-order valence-corrected chi connectivity index (χ1v) is 9.40. The van der Waals surface area contributed by atoms with Crippen molar-refractivity contribution in [1.82, 2.24) is 30.7 Å². The van der Waals surface area contributed by atoms with Gasteiger partial charge in [0.15, 0.2) is 0 Å². The third-order valence-corrected chi connectivity index (χ3v) is 5.67. The van der Waals surface area contributed by atoms with E-state index in [-0.39, 0.29) is 5.75 Å². The molecule has 144 valence electrons. The number of aromatic hydroxyl groups is 1. The lowest BCUT2D eigenvalue weighted by Gasteiger charge is -2.34. The minimum Gasteiger partial charge on any atom is -0.507 e. The first kappa shape index (κ1) is 17.1. The first-order chi connectivity index (χ1) is 13.7. The Labute approximate surface area is 160 Å². The molecule has 0 unspecified atom stereocenters. The Hall–Kier alpha value is -3.07. The Morgan fingerprint density at radius 2 is 2.07 bits per heavy atom. The molecular formula is C19H20FN7O. The number of phenolic OH excluding ortho intramolecular Hbond substituents is 1. The molecule has 3 aromatic rings. The average molecular weight is 381 g/mol. The minimum atomic E-state index is -0.542. The van der Waals surface area contributed by atoms with Crippen LogP contribution in [0.5, 0.6) is 5.75 Å². The molecule has 2 saturated heterocycles. The van der Waals surface area contributed by atoms with Gasteiger partial charge in [-0.05, 0) is 43.0 Å².